The Morgan fingerprint density at radius 2 is 1.93 bits per heavy atom. The summed E-state index contributed by atoms with van der Waals surface area (Å²) in [4.78, 5) is 24.2. The number of sulfone groups is 1. The number of benzene rings is 2. The number of phenolic OH excluding ortho intramolecular Hbond substituents is 1. The molecule has 28 heavy (non-hydrogen) atoms. The molecule has 8 heteroatoms. The van der Waals surface area contributed by atoms with Gasteiger partial charge >= 0.3 is 11.6 Å². The number of hydrogen-bond acceptors (Lipinski definition) is 7. The number of aryl methyl sites for hydroxylation is 1. The van der Waals surface area contributed by atoms with E-state index in [9.17, 15) is 23.1 Å². The summed E-state index contributed by atoms with van der Waals surface area (Å²) in [5.41, 5.74) is 1.15. The van der Waals surface area contributed by atoms with Crippen LogP contribution in [0.5, 0.6) is 5.75 Å². The molecule has 0 bridgehead atoms. The average Bonchev–Trinajstić information content (AvgIpc) is 2.61. The third-order valence-electron chi connectivity index (χ3n) is 4.17. The molecular formula is C20H18O7S. The Morgan fingerprint density at radius 1 is 1.18 bits per heavy atom. The lowest BCUT2D eigenvalue weighted by atomic mass is 10.1. The first-order valence-corrected chi connectivity index (χ1v) is 10.4. The molecule has 0 aliphatic rings. The fraction of sp³-hybridized carbons (Fsp3) is 0.200. The van der Waals surface area contributed by atoms with Crippen molar-refractivity contribution < 1.29 is 27.5 Å². The molecule has 7 nitrogen and oxygen atoms in total. The SMILES string of the molecule is Cc1c(O)ccc2c(COC(=O)c3cccc(CS(C)(=O)=O)c3)cc(=O)oc12. The number of hydrogen-bond donors (Lipinski definition) is 1. The van der Waals surface area contributed by atoms with E-state index >= 15 is 0 Å². The number of aromatic hydroxyl groups is 1. The van der Waals surface area contributed by atoms with E-state index in [1.54, 1.807) is 25.1 Å². The predicted molar refractivity (Wildman–Crippen MR) is 103 cm³/mol. The second-order valence-electron chi connectivity index (χ2n) is 6.52. The molecule has 1 aromatic heterocycles. The van der Waals surface area contributed by atoms with Gasteiger partial charge in [0.2, 0.25) is 0 Å². The summed E-state index contributed by atoms with van der Waals surface area (Å²) < 4.78 is 33.3. The second kappa shape index (κ2) is 7.47. The summed E-state index contributed by atoms with van der Waals surface area (Å²) in [7, 11) is -3.23. The number of esters is 1. The van der Waals surface area contributed by atoms with E-state index < -0.39 is 21.4 Å². The summed E-state index contributed by atoms with van der Waals surface area (Å²) in [6, 6.07) is 10.5. The van der Waals surface area contributed by atoms with Crippen molar-refractivity contribution in [3.63, 3.8) is 0 Å². The lowest BCUT2D eigenvalue weighted by molar-refractivity contribution is 0.0473. The minimum atomic E-state index is -3.23. The van der Waals surface area contributed by atoms with Crippen molar-refractivity contribution in [2.24, 2.45) is 0 Å². The minimum absolute atomic E-state index is 0.00696. The summed E-state index contributed by atoms with van der Waals surface area (Å²) in [5.74, 6) is -0.832. The zero-order valence-corrected chi connectivity index (χ0v) is 16.1. The molecule has 3 rings (SSSR count). The van der Waals surface area contributed by atoms with E-state index in [1.165, 1.54) is 24.3 Å². The van der Waals surface area contributed by atoms with Gasteiger partial charge in [0, 0.05) is 28.8 Å². The molecule has 0 aliphatic carbocycles. The van der Waals surface area contributed by atoms with Crippen molar-refractivity contribution in [1.82, 2.24) is 0 Å². The molecule has 0 saturated heterocycles. The maximum atomic E-state index is 12.4. The number of carbonyl (C=O) groups is 1. The van der Waals surface area contributed by atoms with Crippen LogP contribution < -0.4 is 5.63 Å². The van der Waals surface area contributed by atoms with E-state index in [2.05, 4.69) is 0 Å². The largest absolute Gasteiger partial charge is 0.508 e. The van der Waals surface area contributed by atoms with Crippen LogP contribution in [0.4, 0.5) is 0 Å². The van der Waals surface area contributed by atoms with Gasteiger partial charge < -0.3 is 14.3 Å². The first-order chi connectivity index (χ1) is 13.1. The van der Waals surface area contributed by atoms with Crippen LogP contribution in [-0.4, -0.2) is 25.7 Å². The Balaban J connectivity index is 1.85. The van der Waals surface area contributed by atoms with Gasteiger partial charge in [-0.2, -0.15) is 0 Å². The second-order valence-corrected chi connectivity index (χ2v) is 8.66. The van der Waals surface area contributed by atoms with Gasteiger partial charge in [-0.15, -0.1) is 0 Å². The Hall–Kier alpha value is -3.13. The smallest absolute Gasteiger partial charge is 0.338 e. The molecule has 0 amide bonds. The Bertz CT molecular complexity index is 1220. The van der Waals surface area contributed by atoms with Crippen LogP contribution in [-0.2, 0) is 26.9 Å². The molecule has 0 fully saturated rings. The van der Waals surface area contributed by atoms with E-state index in [-0.39, 0.29) is 29.3 Å². The van der Waals surface area contributed by atoms with Crippen LogP contribution in [0.2, 0.25) is 0 Å². The third-order valence-corrected chi connectivity index (χ3v) is 5.03. The first-order valence-electron chi connectivity index (χ1n) is 8.33. The Kier molecular flexibility index (Phi) is 5.24. The lowest BCUT2D eigenvalue weighted by Gasteiger charge is -2.10. The number of fused-ring (bicyclic) bond motifs is 1. The zero-order valence-electron chi connectivity index (χ0n) is 15.3. The van der Waals surface area contributed by atoms with Gasteiger partial charge in [0.1, 0.15) is 17.9 Å². The van der Waals surface area contributed by atoms with Gasteiger partial charge in [-0.1, -0.05) is 12.1 Å². The van der Waals surface area contributed by atoms with E-state index in [4.69, 9.17) is 9.15 Å². The molecule has 146 valence electrons. The van der Waals surface area contributed by atoms with Crippen LogP contribution in [0, 0.1) is 6.92 Å². The fourth-order valence-corrected chi connectivity index (χ4v) is 3.64. The number of ether oxygens (including phenoxy) is 1. The number of phenols is 1. The Labute approximate surface area is 161 Å². The van der Waals surface area contributed by atoms with E-state index in [0.717, 1.165) is 6.26 Å². The van der Waals surface area contributed by atoms with Crippen molar-refractivity contribution in [3.8, 4) is 5.75 Å². The van der Waals surface area contributed by atoms with Gasteiger partial charge in [0.15, 0.2) is 9.84 Å². The highest BCUT2D eigenvalue weighted by atomic mass is 32.2. The van der Waals surface area contributed by atoms with Gasteiger partial charge in [-0.25, -0.2) is 18.0 Å². The highest BCUT2D eigenvalue weighted by Gasteiger charge is 2.14. The third kappa shape index (κ3) is 4.40. The average molecular weight is 402 g/mol. The summed E-state index contributed by atoms with van der Waals surface area (Å²) >= 11 is 0. The molecule has 0 atom stereocenters. The Morgan fingerprint density at radius 3 is 2.64 bits per heavy atom. The molecule has 0 unspecified atom stereocenters. The number of rotatable bonds is 5. The quantitative estimate of drug-likeness (QED) is 0.516. The standard InChI is InChI=1S/C20H18O7S/c1-12-17(21)7-6-16-15(9-18(22)27-19(12)16)10-26-20(23)14-5-3-4-13(8-14)11-28(2,24)25/h3-9,21H,10-11H2,1-2H3. The summed E-state index contributed by atoms with van der Waals surface area (Å²) in [6.45, 7) is 1.44. The van der Waals surface area contributed by atoms with Gasteiger partial charge in [0.25, 0.3) is 0 Å². The van der Waals surface area contributed by atoms with Gasteiger partial charge in [-0.3, -0.25) is 0 Å². The molecule has 0 spiro atoms. The van der Waals surface area contributed by atoms with E-state index in [1.807, 2.05) is 0 Å². The van der Waals surface area contributed by atoms with Crippen LogP contribution in [0.3, 0.4) is 0 Å². The highest BCUT2D eigenvalue weighted by Crippen LogP contribution is 2.27. The van der Waals surface area contributed by atoms with Gasteiger partial charge in [0.05, 0.1) is 11.3 Å². The maximum Gasteiger partial charge on any atom is 0.338 e. The molecule has 1 N–H and O–H groups in total. The van der Waals surface area contributed by atoms with Crippen molar-refractivity contribution in [2.75, 3.05) is 6.26 Å². The normalized spacial score (nSPS) is 11.5. The highest BCUT2D eigenvalue weighted by molar-refractivity contribution is 7.89. The predicted octanol–water partition coefficient (Wildman–Crippen LogP) is 2.71. The minimum Gasteiger partial charge on any atom is -0.508 e. The molecule has 0 radical (unpaired) electrons. The van der Waals surface area contributed by atoms with Crippen molar-refractivity contribution in [3.05, 3.63) is 75.1 Å². The van der Waals surface area contributed by atoms with Crippen LogP contribution in [0.1, 0.15) is 27.0 Å². The van der Waals surface area contributed by atoms with E-state index in [0.29, 0.717) is 22.1 Å². The number of carbonyl (C=O) groups excluding carboxylic acids is 1. The molecule has 1 heterocycles. The topological polar surface area (TPSA) is 111 Å². The summed E-state index contributed by atoms with van der Waals surface area (Å²) in [6.07, 6.45) is 1.11. The lowest BCUT2D eigenvalue weighted by Crippen LogP contribution is -2.09. The fourth-order valence-electron chi connectivity index (χ4n) is 2.85. The van der Waals surface area contributed by atoms with Crippen LogP contribution in [0.15, 0.2) is 51.7 Å². The maximum absolute atomic E-state index is 12.4. The molecule has 0 aliphatic heterocycles. The van der Waals surface area contributed by atoms with Gasteiger partial charge in [-0.05, 0) is 36.8 Å². The zero-order chi connectivity index (χ0) is 20.5. The van der Waals surface area contributed by atoms with Crippen molar-refractivity contribution >= 4 is 26.8 Å². The van der Waals surface area contributed by atoms with Crippen LogP contribution in [0.25, 0.3) is 11.0 Å². The van der Waals surface area contributed by atoms with Crippen LogP contribution >= 0.6 is 0 Å². The molecular weight excluding hydrogens is 384 g/mol. The monoisotopic (exact) mass is 402 g/mol. The van der Waals surface area contributed by atoms with Crippen molar-refractivity contribution in [2.45, 2.75) is 19.3 Å². The molecule has 0 saturated carbocycles. The first kappa shape index (κ1) is 19.6. The van der Waals surface area contributed by atoms with Crippen molar-refractivity contribution in [1.29, 1.82) is 0 Å². The molecule has 3 aromatic rings. The summed E-state index contributed by atoms with van der Waals surface area (Å²) in [5, 5.41) is 10.3. The molecule has 2 aromatic carbocycles.